The fourth-order valence-electron chi connectivity index (χ4n) is 3.36. The van der Waals surface area contributed by atoms with Gasteiger partial charge in [0.25, 0.3) is 5.91 Å². The van der Waals surface area contributed by atoms with E-state index < -0.39 is 5.82 Å². The Hall–Kier alpha value is -3.03. The fourth-order valence-corrected chi connectivity index (χ4v) is 4.51. The summed E-state index contributed by atoms with van der Waals surface area (Å²) in [5.74, 6) is 0.258. The van der Waals surface area contributed by atoms with Crippen LogP contribution in [0, 0.1) is 5.82 Å². The monoisotopic (exact) mass is 470 g/mol. The second-order valence-electron chi connectivity index (χ2n) is 7.22. The summed E-state index contributed by atoms with van der Waals surface area (Å²) in [6.45, 7) is 0.560. The lowest BCUT2D eigenvalue weighted by Crippen LogP contribution is -2.35. The summed E-state index contributed by atoms with van der Waals surface area (Å²) in [5.41, 5.74) is 2.66. The number of ether oxygens (including phenoxy) is 1. The molecule has 3 aromatic rings. The minimum atomic E-state index is -0.435. The number of fused-ring (bicyclic) bond motifs is 1. The first-order chi connectivity index (χ1) is 15.4. The van der Waals surface area contributed by atoms with Gasteiger partial charge in [-0.25, -0.2) is 4.39 Å². The van der Waals surface area contributed by atoms with Crippen LogP contribution in [0.4, 0.5) is 10.1 Å². The van der Waals surface area contributed by atoms with Crippen molar-refractivity contribution in [3.8, 4) is 5.75 Å². The van der Waals surface area contributed by atoms with Crippen molar-refractivity contribution in [1.82, 2.24) is 5.32 Å². The zero-order valence-corrected chi connectivity index (χ0v) is 18.8. The minimum Gasteiger partial charge on any atom is -0.497 e. The molecule has 0 saturated carbocycles. The summed E-state index contributed by atoms with van der Waals surface area (Å²) in [5, 5.41) is 3.15. The Bertz CT molecular complexity index is 1170. The molecule has 1 aliphatic heterocycles. The van der Waals surface area contributed by atoms with E-state index >= 15 is 0 Å². The maximum atomic E-state index is 13.4. The summed E-state index contributed by atoms with van der Waals surface area (Å²) in [6.07, 6.45) is 0. The third-order valence-corrected chi connectivity index (χ3v) is 6.52. The number of halogens is 2. The predicted octanol–water partition coefficient (Wildman–Crippen LogP) is 5.06. The third kappa shape index (κ3) is 4.89. The molecule has 1 N–H and O–H groups in total. The molecule has 164 valence electrons. The fraction of sp³-hybridized carbons (Fsp3) is 0.167. The molecule has 4 rings (SSSR count). The highest BCUT2D eigenvalue weighted by atomic mass is 35.5. The average molecular weight is 471 g/mol. The number of anilines is 1. The van der Waals surface area contributed by atoms with Gasteiger partial charge in [0.15, 0.2) is 0 Å². The van der Waals surface area contributed by atoms with Gasteiger partial charge in [0, 0.05) is 22.0 Å². The van der Waals surface area contributed by atoms with Crippen LogP contribution in [0.15, 0.2) is 65.6 Å². The molecular formula is C24H20ClFN2O3S. The summed E-state index contributed by atoms with van der Waals surface area (Å²) < 4.78 is 18.5. The number of nitrogens with one attached hydrogen (secondary N) is 1. The molecule has 0 bridgehead atoms. The molecule has 0 saturated heterocycles. The van der Waals surface area contributed by atoms with Crippen molar-refractivity contribution in [2.24, 2.45) is 0 Å². The molecule has 2 amide bonds. The lowest BCUT2D eigenvalue weighted by Gasteiger charge is -2.29. The first-order valence-electron chi connectivity index (χ1n) is 9.87. The lowest BCUT2D eigenvalue weighted by molar-refractivity contribution is -0.116. The van der Waals surface area contributed by atoms with E-state index in [2.05, 4.69) is 5.32 Å². The van der Waals surface area contributed by atoms with E-state index in [9.17, 15) is 14.0 Å². The maximum absolute atomic E-state index is 13.4. The number of methoxy groups -OCH3 is 1. The highest BCUT2D eigenvalue weighted by Crippen LogP contribution is 2.37. The Labute approximate surface area is 194 Å². The molecule has 5 nitrogen and oxygen atoms in total. The second kappa shape index (κ2) is 9.63. The normalized spacial score (nSPS) is 13.0. The first kappa shape index (κ1) is 22.2. The molecular weight excluding hydrogens is 451 g/mol. The molecule has 0 unspecified atom stereocenters. The van der Waals surface area contributed by atoms with E-state index in [0.717, 1.165) is 16.2 Å². The number of amides is 2. The molecule has 0 atom stereocenters. The summed E-state index contributed by atoms with van der Waals surface area (Å²) in [6, 6.07) is 16.8. The Morgan fingerprint density at radius 3 is 2.66 bits per heavy atom. The van der Waals surface area contributed by atoms with Crippen molar-refractivity contribution >= 4 is 40.9 Å². The third-order valence-electron chi connectivity index (χ3n) is 5.12. The lowest BCUT2D eigenvalue weighted by atomic mass is 10.1. The maximum Gasteiger partial charge on any atom is 0.251 e. The van der Waals surface area contributed by atoms with E-state index in [4.69, 9.17) is 16.3 Å². The number of benzene rings is 3. The predicted molar refractivity (Wildman–Crippen MR) is 124 cm³/mol. The molecule has 1 heterocycles. The van der Waals surface area contributed by atoms with Crippen LogP contribution >= 0.6 is 23.4 Å². The smallest absolute Gasteiger partial charge is 0.251 e. The number of thioether (sulfide) groups is 1. The molecule has 0 radical (unpaired) electrons. The molecule has 0 aliphatic carbocycles. The van der Waals surface area contributed by atoms with Gasteiger partial charge >= 0.3 is 0 Å². The average Bonchev–Trinajstić information content (AvgIpc) is 2.80. The zero-order valence-electron chi connectivity index (χ0n) is 17.2. The summed E-state index contributed by atoms with van der Waals surface area (Å²) in [7, 11) is 1.60. The molecule has 0 aromatic heterocycles. The summed E-state index contributed by atoms with van der Waals surface area (Å²) >= 11 is 7.59. The highest BCUT2D eigenvalue weighted by molar-refractivity contribution is 8.00. The van der Waals surface area contributed by atoms with Gasteiger partial charge in [-0.05, 0) is 53.6 Å². The van der Waals surface area contributed by atoms with Crippen LogP contribution in [0.1, 0.15) is 21.5 Å². The SMILES string of the molecule is COc1ccc(CNC(=O)c2ccc3c(c2)N(Cc2ccc(F)cc2Cl)C(=O)CS3)cc1. The van der Waals surface area contributed by atoms with Gasteiger partial charge in [0.05, 0.1) is 25.1 Å². The van der Waals surface area contributed by atoms with E-state index in [0.29, 0.717) is 23.4 Å². The van der Waals surface area contributed by atoms with Crippen molar-refractivity contribution in [2.45, 2.75) is 18.0 Å². The number of nitrogens with zero attached hydrogens (tertiary/aromatic N) is 1. The van der Waals surface area contributed by atoms with Gasteiger partial charge in [-0.2, -0.15) is 0 Å². The summed E-state index contributed by atoms with van der Waals surface area (Å²) in [4.78, 5) is 27.9. The van der Waals surface area contributed by atoms with Gasteiger partial charge in [-0.1, -0.05) is 29.8 Å². The largest absolute Gasteiger partial charge is 0.497 e. The Morgan fingerprint density at radius 1 is 1.16 bits per heavy atom. The van der Waals surface area contributed by atoms with E-state index in [1.807, 2.05) is 30.3 Å². The van der Waals surface area contributed by atoms with Crippen LogP contribution in [0.2, 0.25) is 5.02 Å². The van der Waals surface area contributed by atoms with Crippen molar-refractivity contribution in [1.29, 1.82) is 0 Å². The minimum absolute atomic E-state index is 0.0984. The molecule has 1 aliphatic rings. The van der Waals surface area contributed by atoms with Crippen LogP contribution < -0.4 is 15.0 Å². The van der Waals surface area contributed by atoms with Crippen molar-refractivity contribution in [3.63, 3.8) is 0 Å². The number of rotatable bonds is 6. The van der Waals surface area contributed by atoms with Gasteiger partial charge in [-0.15, -0.1) is 11.8 Å². The number of hydrogen-bond acceptors (Lipinski definition) is 4. The zero-order chi connectivity index (χ0) is 22.7. The molecule has 8 heteroatoms. The number of hydrogen-bond donors (Lipinski definition) is 1. The van der Waals surface area contributed by atoms with Crippen molar-refractivity contribution < 1.29 is 18.7 Å². The Kier molecular flexibility index (Phi) is 6.67. The van der Waals surface area contributed by atoms with Crippen LogP contribution in [0.5, 0.6) is 5.75 Å². The van der Waals surface area contributed by atoms with Gasteiger partial charge < -0.3 is 15.0 Å². The van der Waals surface area contributed by atoms with Crippen molar-refractivity contribution in [3.05, 3.63) is 88.2 Å². The van der Waals surface area contributed by atoms with Crippen LogP contribution in [0.25, 0.3) is 0 Å². The van der Waals surface area contributed by atoms with Crippen molar-refractivity contribution in [2.75, 3.05) is 17.8 Å². The van der Waals surface area contributed by atoms with E-state index in [1.54, 1.807) is 30.2 Å². The van der Waals surface area contributed by atoms with Gasteiger partial charge in [0.1, 0.15) is 11.6 Å². The number of carbonyl (C=O) groups is 2. The Balaban J connectivity index is 1.53. The van der Waals surface area contributed by atoms with Gasteiger partial charge in [-0.3, -0.25) is 9.59 Å². The Morgan fingerprint density at radius 2 is 1.94 bits per heavy atom. The van der Waals surface area contributed by atoms with Crippen LogP contribution in [0.3, 0.4) is 0 Å². The van der Waals surface area contributed by atoms with Crippen LogP contribution in [-0.2, 0) is 17.9 Å². The number of carbonyl (C=O) groups excluding carboxylic acids is 2. The second-order valence-corrected chi connectivity index (χ2v) is 8.64. The first-order valence-corrected chi connectivity index (χ1v) is 11.2. The molecule has 0 fully saturated rings. The molecule has 3 aromatic carbocycles. The standard InChI is InChI=1S/C24H20ClFN2O3S/c1-31-19-7-2-15(3-8-19)12-27-24(30)16-5-9-22-21(10-16)28(23(29)14-32-22)13-17-4-6-18(26)11-20(17)25/h2-11H,12-14H2,1H3,(H,27,30). The molecule has 32 heavy (non-hydrogen) atoms. The highest BCUT2D eigenvalue weighted by Gasteiger charge is 2.26. The quantitative estimate of drug-likeness (QED) is 0.547. The topological polar surface area (TPSA) is 58.6 Å². The van der Waals surface area contributed by atoms with E-state index in [-0.39, 0.29) is 29.1 Å². The van der Waals surface area contributed by atoms with E-state index in [1.165, 1.54) is 23.9 Å². The van der Waals surface area contributed by atoms with Gasteiger partial charge in [0.2, 0.25) is 5.91 Å². The van der Waals surface area contributed by atoms with Crippen LogP contribution in [-0.4, -0.2) is 24.7 Å². The molecule has 0 spiro atoms.